The van der Waals surface area contributed by atoms with Crippen LogP contribution in [0, 0.1) is 31.3 Å². The van der Waals surface area contributed by atoms with Gasteiger partial charge in [-0.3, -0.25) is 9.48 Å². The third-order valence-corrected chi connectivity index (χ3v) is 5.43. The number of rotatable bonds is 7. The number of amides is 1. The van der Waals surface area contributed by atoms with Crippen molar-refractivity contribution in [3.05, 3.63) is 93.8 Å². The fraction of sp³-hybridized carbons (Fsp3) is 0.174. The Morgan fingerprint density at radius 1 is 1.06 bits per heavy atom. The van der Waals surface area contributed by atoms with Crippen LogP contribution >= 0.6 is 11.6 Å². The average molecular weight is 490 g/mol. The number of nitrogens with zero attached hydrogens (tertiary/aromatic N) is 4. The molecule has 1 N–H and O–H groups in total. The lowest BCUT2D eigenvalue weighted by Crippen LogP contribution is -2.15. The number of carbonyl (C=O) groups excluding carboxylic acids is 1. The molecule has 2 aromatic heterocycles. The van der Waals surface area contributed by atoms with Crippen molar-refractivity contribution in [1.29, 1.82) is 0 Å². The highest BCUT2D eigenvalue weighted by molar-refractivity contribution is 6.31. The van der Waals surface area contributed by atoms with Crippen molar-refractivity contribution in [3.63, 3.8) is 0 Å². The second-order valence-electron chi connectivity index (χ2n) is 7.48. The van der Waals surface area contributed by atoms with Crippen molar-refractivity contribution in [2.45, 2.75) is 27.1 Å². The average Bonchev–Trinajstić information content (AvgIpc) is 3.35. The Labute approximate surface area is 197 Å². The van der Waals surface area contributed by atoms with Crippen LogP contribution in [0.5, 0.6) is 5.75 Å². The monoisotopic (exact) mass is 489 g/mol. The van der Waals surface area contributed by atoms with E-state index in [-0.39, 0.29) is 23.2 Å². The summed E-state index contributed by atoms with van der Waals surface area (Å²) in [7, 11) is 0. The first kappa shape index (κ1) is 23.4. The molecule has 0 unspecified atom stereocenters. The molecule has 0 aliphatic rings. The molecule has 2 aromatic carbocycles. The number of hydrogen-bond donors (Lipinski definition) is 1. The predicted octanol–water partition coefficient (Wildman–Crippen LogP) is 5.10. The summed E-state index contributed by atoms with van der Waals surface area (Å²) in [5, 5.41) is 11.6. The van der Waals surface area contributed by atoms with Crippen LogP contribution in [0.25, 0.3) is 0 Å². The van der Waals surface area contributed by atoms with Gasteiger partial charge in [0.15, 0.2) is 24.0 Å². The summed E-state index contributed by atoms with van der Waals surface area (Å²) in [5.41, 5.74) is 2.57. The van der Waals surface area contributed by atoms with Gasteiger partial charge in [-0.05, 0) is 49.7 Å². The minimum atomic E-state index is -0.838. The van der Waals surface area contributed by atoms with Crippen LogP contribution in [-0.2, 0) is 13.3 Å². The van der Waals surface area contributed by atoms with Gasteiger partial charge in [-0.1, -0.05) is 17.7 Å². The molecule has 0 saturated carbocycles. The third kappa shape index (κ3) is 5.07. The second-order valence-corrected chi connectivity index (χ2v) is 7.89. The number of benzene rings is 2. The highest BCUT2D eigenvalue weighted by Gasteiger charge is 2.18. The van der Waals surface area contributed by atoms with Gasteiger partial charge in [-0.15, -0.1) is 0 Å². The maximum absolute atomic E-state index is 13.7. The minimum Gasteiger partial charge on any atom is -0.468 e. The SMILES string of the molecule is Cc1nn(Cc2ccc(F)cc2Cl)c(C)c1NC(=O)c1ccn(COc2ccc(F)cc2F)n1. The zero-order valence-electron chi connectivity index (χ0n) is 18.2. The number of aryl methyl sites for hydroxylation is 1. The summed E-state index contributed by atoms with van der Waals surface area (Å²) >= 11 is 6.12. The normalized spacial score (nSPS) is 11.0. The standard InChI is InChI=1S/C23H19ClF3N5O2/c1-13-22(14(2)32(29-13)11-15-3-4-16(25)9-18(15)24)28-23(33)20-7-8-31(30-20)12-34-21-6-5-17(26)10-19(21)27/h3-10H,11-12H2,1-2H3,(H,28,33). The number of ether oxygens (including phenoxy) is 1. The molecule has 7 nitrogen and oxygen atoms in total. The van der Waals surface area contributed by atoms with Gasteiger partial charge in [0.1, 0.15) is 11.6 Å². The van der Waals surface area contributed by atoms with E-state index in [9.17, 15) is 18.0 Å². The molecule has 0 fully saturated rings. The Morgan fingerprint density at radius 3 is 2.53 bits per heavy atom. The molecule has 34 heavy (non-hydrogen) atoms. The van der Waals surface area contributed by atoms with Crippen molar-refractivity contribution in [3.8, 4) is 5.75 Å². The first-order valence-electron chi connectivity index (χ1n) is 10.1. The number of anilines is 1. The number of halogens is 4. The maximum atomic E-state index is 13.7. The van der Waals surface area contributed by atoms with Crippen molar-refractivity contribution >= 4 is 23.2 Å². The van der Waals surface area contributed by atoms with Crippen molar-refractivity contribution in [1.82, 2.24) is 19.6 Å². The van der Waals surface area contributed by atoms with Gasteiger partial charge in [0.05, 0.1) is 23.6 Å². The van der Waals surface area contributed by atoms with E-state index in [1.807, 2.05) is 0 Å². The third-order valence-electron chi connectivity index (χ3n) is 5.07. The zero-order chi connectivity index (χ0) is 24.4. The Kier molecular flexibility index (Phi) is 6.60. The van der Waals surface area contributed by atoms with Gasteiger partial charge in [-0.2, -0.15) is 10.2 Å². The van der Waals surface area contributed by atoms with Crippen LogP contribution in [0.4, 0.5) is 18.9 Å². The van der Waals surface area contributed by atoms with Crippen LogP contribution in [0.3, 0.4) is 0 Å². The lowest BCUT2D eigenvalue weighted by molar-refractivity contribution is 0.102. The Balaban J connectivity index is 1.43. The molecule has 0 aliphatic carbocycles. The van der Waals surface area contributed by atoms with Crippen LogP contribution in [-0.4, -0.2) is 25.5 Å². The fourth-order valence-electron chi connectivity index (χ4n) is 3.30. The highest BCUT2D eigenvalue weighted by atomic mass is 35.5. The summed E-state index contributed by atoms with van der Waals surface area (Å²) in [6.07, 6.45) is 1.50. The van der Waals surface area contributed by atoms with Crippen LogP contribution < -0.4 is 10.1 Å². The van der Waals surface area contributed by atoms with Crippen LogP contribution in [0.2, 0.25) is 5.02 Å². The zero-order valence-corrected chi connectivity index (χ0v) is 18.9. The highest BCUT2D eigenvalue weighted by Crippen LogP contribution is 2.24. The van der Waals surface area contributed by atoms with E-state index in [0.29, 0.717) is 35.2 Å². The molecule has 176 valence electrons. The summed E-state index contributed by atoms with van der Waals surface area (Å²) in [5.74, 6) is -2.59. The molecule has 0 spiro atoms. The molecule has 11 heteroatoms. The molecule has 0 bridgehead atoms. The largest absolute Gasteiger partial charge is 0.468 e. The van der Waals surface area contributed by atoms with E-state index in [2.05, 4.69) is 15.5 Å². The molecule has 2 heterocycles. The Morgan fingerprint density at radius 2 is 1.79 bits per heavy atom. The molecule has 0 saturated heterocycles. The van der Waals surface area contributed by atoms with Crippen LogP contribution in [0.15, 0.2) is 48.7 Å². The minimum absolute atomic E-state index is 0.108. The Hall–Kier alpha value is -3.79. The quantitative estimate of drug-likeness (QED) is 0.392. The second kappa shape index (κ2) is 9.60. The van der Waals surface area contributed by atoms with E-state index >= 15 is 0 Å². The summed E-state index contributed by atoms with van der Waals surface area (Å²) in [6.45, 7) is 3.66. The first-order valence-corrected chi connectivity index (χ1v) is 10.5. The van der Waals surface area contributed by atoms with Crippen molar-refractivity contribution < 1.29 is 22.7 Å². The summed E-state index contributed by atoms with van der Waals surface area (Å²) in [4.78, 5) is 12.7. The smallest absolute Gasteiger partial charge is 0.276 e. The van der Waals surface area contributed by atoms with Crippen molar-refractivity contribution in [2.24, 2.45) is 0 Å². The van der Waals surface area contributed by atoms with Gasteiger partial charge >= 0.3 is 0 Å². The maximum Gasteiger partial charge on any atom is 0.276 e. The van der Waals surface area contributed by atoms with E-state index in [1.54, 1.807) is 24.6 Å². The van der Waals surface area contributed by atoms with E-state index in [4.69, 9.17) is 16.3 Å². The van der Waals surface area contributed by atoms with E-state index in [0.717, 1.165) is 6.07 Å². The van der Waals surface area contributed by atoms with E-state index in [1.165, 1.54) is 35.1 Å². The summed E-state index contributed by atoms with van der Waals surface area (Å²) in [6, 6.07) is 8.58. The van der Waals surface area contributed by atoms with Gasteiger partial charge in [0, 0.05) is 17.3 Å². The molecule has 0 atom stereocenters. The number of aromatic nitrogens is 4. The Bertz CT molecular complexity index is 1370. The number of carbonyl (C=O) groups is 1. The molecule has 0 aliphatic heterocycles. The first-order chi connectivity index (χ1) is 16.2. The van der Waals surface area contributed by atoms with Gasteiger partial charge in [0.2, 0.25) is 0 Å². The lowest BCUT2D eigenvalue weighted by Gasteiger charge is -2.08. The molecule has 1 amide bonds. The van der Waals surface area contributed by atoms with Crippen molar-refractivity contribution in [2.75, 3.05) is 5.32 Å². The van der Waals surface area contributed by atoms with Gasteiger partial charge < -0.3 is 10.1 Å². The van der Waals surface area contributed by atoms with E-state index < -0.39 is 23.4 Å². The molecule has 0 radical (unpaired) electrons. The number of hydrogen-bond acceptors (Lipinski definition) is 4. The summed E-state index contributed by atoms with van der Waals surface area (Å²) < 4.78 is 48.2. The lowest BCUT2D eigenvalue weighted by atomic mass is 10.2. The molecular weight excluding hydrogens is 471 g/mol. The molecular formula is C23H19ClF3N5O2. The molecule has 4 aromatic rings. The van der Waals surface area contributed by atoms with Crippen LogP contribution in [0.1, 0.15) is 27.4 Å². The van der Waals surface area contributed by atoms with Gasteiger partial charge in [-0.25, -0.2) is 17.9 Å². The van der Waals surface area contributed by atoms with Gasteiger partial charge in [0.25, 0.3) is 5.91 Å². The predicted molar refractivity (Wildman–Crippen MR) is 119 cm³/mol. The fourth-order valence-corrected chi connectivity index (χ4v) is 3.53. The number of nitrogens with one attached hydrogen (secondary N) is 1. The topological polar surface area (TPSA) is 74.0 Å². The molecule has 4 rings (SSSR count).